The van der Waals surface area contributed by atoms with E-state index < -0.39 is 0 Å². The lowest BCUT2D eigenvalue weighted by Gasteiger charge is -2.05. The molecule has 0 aliphatic carbocycles. The molecule has 0 radical (unpaired) electrons. The summed E-state index contributed by atoms with van der Waals surface area (Å²) < 4.78 is 1.91. The number of nitrogens with two attached hydrogens (primary N) is 1. The molecule has 0 atom stereocenters. The van der Waals surface area contributed by atoms with E-state index >= 15 is 0 Å². The number of benzene rings is 1. The third-order valence-electron chi connectivity index (χ3n) is 2.90. The maximum absolute atomic E-state index is 5.88. The molecule has 1 aromatic heterocycles. The van der Waals surface area contributed by atoms with Gasteiger partial charge in [0.2, 0.25) is 0 Å². The summed E-state index contributed by atoms with van der Waals surface area (Å²) in [6.45, 7) is 6.16. The van der Waals surface area contributed by atoms with Gasteiger partial charge in [0.1, 0.15) is 0 Å². The lowest BCUT2D eigenvalue weighted by atomic mass is 10.0. The van der Waals surface area contributed by atoms with Crippen LogP contribution in [-0.2, 0) is 7.05 Å². The van der Waals surface area contributed by atoms with Gasteiger partial charge in [-0.2, -0.15) is 5.10 Å². The molecule has 16 heavy (non-hydrogen) atoms. The fourth-order valence-corrected chi connectivity index (χ4v) is 2.15. The third kappa shape index (κ3) is 1.69. The number of rotatable bonds is 1. The Morgan fingerprint density at radius 3 is 2.31 bits per heavy atom. The van der Waals surface area contributed by atoms with E-state index in [9.17, 15) is 0 Å². The first-order valence-electron chi connectivity index (χ1n) is 5.37. The Bertz CT molecular complexity index is 518. The summed E-state index contributed by atoms with van der Waals surface area (Å²) in [6, 6.07) is 6.13. The van der Waals surface area contributed by atoms with E-state index in [-0.39, 0.29) is 0 Å². The van der Waals surface area contributed by atoms with E-state index in [1.54, 1.807) is 0 Å². The summed E-state index contributed by atoms with van der Waals surface area (Å²) >= 11 is 0. The maximum Gasteiger partial charge on any atom is 0.0674 e. The highest BCUT2D eigenvalue weighted by molar-refractivity contribution is 5.72. The molecule has 2 N–H and O–H groups in total. The van der Waals surface area contributed by atoms with Crippen LogP contribution in [0.15, 0.2) is 18.2 Å². The fraction of sp³-hybridized carbons (Fsp3) is 0.308. The molecular weight excluding hydrogens is 198 g/mol. The average molecular weight is 215 g/mol. The van der Waals surface area contributed by atoms with Crippen molar-refractivity contribution >= 4 is 5.69 Å². The molecule has 3 nitrogen and oxygen atoms in total. The highest BCUT2D eigenvalue weighted by Crippen LogP contribution is 2.28. The Balaban J connectivity index is 2.67. The van der Waals surface area contributed by atoms with Crippen LogP contribution in [0.2, 0.25) is 0 Å². The molecular formula is C13H17N3. The van der Waals surface area contributed by atoms with Gasteiger partial charge in [-0.3, -0.25) is 4.68 Å². The van der Waals surface area contributed by atoms with Crippen LogP contribution in [0.5, 0.6) is 0 Å². The van der Waals surface area contributed by atoms with Crippen LogP contribution in [0.4, 0.5) is 5.69 Å². The zero-order valence-corrected chi connectivity index (χ0v) is 10.2. The van der Waals surface area contributed by atoms with Crippen molar-refractivity contribution in [1.29, 1.82) is 0 Å². The second-order valence-corrected chi connectivity index (χ2v) is 4.30. The number of aryl methyl sites for hydroxylation is 3. The summed E-state index contributed by atoms with van der Waals surface area (Å²) in [5.41, 5.74) is 12.4. The van der Waals surface area contributed by atoms with Crippen molar-refractivity contribution in [2.24, 2.45) is 7.05 Å². The number of hydrogen-bond acceptors (Lipinski definition) is 2. The van der Waals surface area contributed by atoms with Crippen LogP contribution in [0.1, 0.15) is 17.0 Å². The number of hydrogen-bond donors (Lipinski definition) is 1. The maximum atomic E-state index is 5.88. The summed E-state index contributed by atoms with van der Waals surface area (Å²) in [4.78, 5) is 0. The van der Waals surface area contributed by atoms with E-state index in [4.69, 9.17) is 5.73 Å². The Morgan fingerprint density at radius 1 is 1.12 bits per heavy atom. The van der Waals surface area contributed by atoms with Crippen molar-refractivity contribution in [3.8, 4) is 11.1 Å². The fourth-order valence-electron chi connectivity index (χ4n) is 2.15. The highest BCUT2D eigenvalue weighted by atomic mass is 15.3. The molecule has 0 aliphatic rings. The van der Waals surface area contributed by atoms with Crippen molar-refractivity contribution in [2.75, 3.05) is 5.73 Å². The van der Waals surface area contributed by atoms with Crippen LogP contribution in [0, 0.1) is 20.8 Å². The minimum Gasteiger partial charge on any atom is -0.399 e. The van der Waals surface area contributed by atoms with Crippen molar-refractivity contribution in [2.45, 2.75) is 20.8 Å². The molecule has 0 spiro atoms. The Morgan fingerprint density at radius 2 is 1.81 bits per heavy atom. The predicted molar refractivity (Wildman–Crippen MR) is 67.3 cm³/mol. The summed E-state index contributed by atoms with van der Waals surface area (Å²) in [6.07, 6.45) is 0. The number of anilines is 1. The summed E-state index contributed by atoms with van der Waals surface area (Å²) in [7, 11) is 1.96. The van der Waals surface area contributed by atoms with Gasteiger partial charge in [0.05, 0.1) is 5.69 Å². The van der Waals surface area contributed by atoms with Gasteiger partial charge < -0.3 is 5.73 Å². The first kappa shape index (κ1) is 10.7. The first-order chi connectivity index (χ1) is 7.49. The molecule has 0 unspecified atom stereocenters. The van der Waals surface area contributed by atoms with Crippen molar-refractivity contribution in [3.05, 3.63) is 35.2 Å². The van der Waals surface area contributed by atoms with Gasteiger partial charge in [0.25, 0.3) is 0 Å². The topological polar surface area (TPSA) is 43.8 Å². The quantitative estimate of drug-likeness (QED) is 0.743. The second kappa shape index (κ2) is 3.67. The summed E-state index contributed by atoms with van der Waals surface area (Å²) in [5, 5.41) is 4.42. The molecule has 3 heteroatoms. The number of nitrogens with zero attached hydrogens (tertiary/aromatic N) is 2. The van der Waals surface area contributed by atoms with Gasteiger partial charge in [0.15, 0.2) is 0 Å². The van der Waals surface area contributed by atoms with Crippen molar-refractivity contribution in [1.82, 2.24) is 9.78 Å². The van der Waals surface area contributed by atoms with E-state index in [2.05, 4.69) is 25.0 Å². The SMILES string of the molecule is Cc1cc(N)cc(-c2c(C)nn(C)c2C)c1. The minimum absolute atomic E-state index is 0.803. The van der Waals surface area contributed by atoms with Crippen LogP contribution in [-0.4, -0.2) is 9.78 Å². The molecule has 0 bridgehead atoms. The van der Waals surface area contributed by atoms with Gasteiger partial charge >= 0.3 is 0 Å². The van der Waals surface area contributed by atoms with E-state index in [0.29, 0.717) is 0 Å². The van der Waals surface area contributed by atoms with Gasteiger partial charge in [-0.1, -0.05) is 6.07 Å². The molecule has 1 heterocycles. The van der Waals surface area contributed by atoms with Gasteiger partial charge in [0, 0.05) is 24.0 Å². The monoisotopic (exact) mass is 215 g/mol. The van der Waals surface area contributed by atoms with E-state index in [1.807, 2.05) is 30.8 Å². The zero-order chi connectivity index (χ0) is 11.9. The van der Waals surface area contributed by atoms with Gasteiger partial charge in [-0.25, -0.2) is 0 Å². The highest BCUT2D eigenvalue weighted by Gasteiger charge is 2.11. The Hall–Kier alpha value is -1.77. The van der Waals surface area contributed by atoms with E-state index in [1.165, 1.54) is 16.8 Å². The van der Waals surface area contributed by atoms with E-state index in [0.717, 1.165) is 16.9 Å². The van der Waals surface area contributed by atoms with Gasteiger partial charge in [-0.05, 0) is 44.0 Å². The second-order valence-electron chi connectivity index (χ2n) is 4.30. The van der Waals surface area contributed by atoms with Crippen molar-refractivity contribution < 1.29 is 0 Å². The molecule has 0 aliphatic heterocycles. The molecule has 2 aromatic rings. The molecule has 0 saturated carbocycles. The van der Waals surface area contributed by atoms with Crippen LogP contribution >= 0.6 is 0 Å². The lowest BCUT2D eigenvalue weighted by molar-refractivity contribution is 0.731. The Labute approximate surface area is 95.9 Å². The molecule has 0 amide bonds. The van der Waals surface area contributed by atoms with Crippen LogP contribution < -0.4 is 5.73 Å². The average Bonchev–Trinajstić information content (AvgIpc) is 2.39. The number of nitrogen functional groups attached to an aromatic ring is 1. The lowest BCUT2D eigenvalue weighted by Crippen LogP contribution is -1.93. The zero-order valence-electron chi connectivity index (χ0n) is 10.2. The molecule has 0 saturated heterocycles. The van der Waals surface area contributed by atoms with Crippen LogP contribution in [0.25, 0.3) is 11.1 Å². The standard InChI is InChI=1S/C13H17N3/c1-8-5-11(7-12(14)6-8)13-9(2)15-16(4)10(13)3/h5-7H,14H2,1-4H3. The smallest absolute Gasteiger partial charge is 0.0674 e. The van der Waals surface area contributed by atoms with Crippen LogP contribution in [0.3, 0.4) is 0 Å². The molecule has 2 rings (SSSR count). The molecule has 1 aromatic carbocycles. The summed E-state index contributed by atoms with van der Waals surface area (Å²) in [5.74, 6) is 0. The normalized spacial score (nSPS) is 10.8. The van der Waals surface area contributed by atoms with Crippen molar-refractivity contribution in [3.63, 3.8) is 0 Å². The predicted octanol–water partition coefficient (Wildman–Crippen LogP) is 2.59. The van der Waals surface area contributed by atoms with Gasteiger partial charge in [-0.15, -0.1) is 0 Å². The largest absolute Gasteiger partial charge is 0.399 e. The third-order valence-corrected chi connectivity index (χ3v) is 2.90. The number of aromatic nitrogens is 2. The molecule has 84 valence electrons. The minimum atomic E-state index is 0.803. The Kier molecular flexibility index (Phi) is 2.46. The molecule has 0 fully saturated rings. The first-order valence-corrected chi connectivity index (χ1v) is 5.37.